The molecular formula is C21H31BrN4O. The Balaban J connectivity index is 2.10. The van der Waals surface area contributed by atoms with Crippen molar-refractivity contribution in [1.29, 1.82) is 0 Å². The van der Waals surface area contributed by atoms with E-state index in [2.05, 4.69) is 40.0 Å². The lowest BCUT2D eigenvalue weighted by Gasteiger charge is -2.33. The van der Waals surface area contributed by atoms with Crippen LogP contribution in [-0.4, -0.2) is 40.6 Å². The predicted molar refractivity (Wildman–Crippen MR) is 115 cm³/mol. The molecule has 1 aromatic carbocycles. The molecule has 0 radical (unpaired) electrons. The summed E-state index contributed by atoms with van der Waals surface area (Å²) >= 11 is 3.48. The summed E-state index contributed by atoms with van der Waals surface area (Å²) in [4.78, 5) is 20.7. The van der Waals surface area contributed by atoms with Crippen LogP contribution in [0.1, 0.15) is 51.9 Å². The van der Waals surface area contributed by atoms with Crippen LogP contribution in [0.2, 0.25) is 0 Å². The fraction of sp³-hybridized carbons (Fsp3) is 0.619. The minimum atomic E-state index is 0.0693. The first-order valence-electron chi connectivity index (χ1n) is 10.2. The Morgan fingerprint density at radius 1 is 1.33 bits per heavy atom. The smallest absolute Gasteiger partial charge is 0.261 e. The van der Waals surface area contributed by atoms with E-state index >= 15 is 0 Å². The molecule has 2 atom stereocenters. The van der Waals surface area contributed by atoms with Crippen molar-refractivity contribution in [3.63, 3.8) is 0 Å². The van der Waals surface area contributed by atoms with Crippen LogP contribution in [0.25, 0.3) is 10.9 Å². The Kier molecular flexibility index (Phi) is 7.06. The van der Waals surface area contributed by atoms with E-state index in [0.29, 0.717) is 17.8 Å². The number of nitrogens with one attached hydrogen (secondary N) is 1. The molecular weight excluding hydrogens is 404 g/mol. The van der Waals surface area contributed by atoms with Crippen LogP contribution < -0.4 is 10.9 Å². The number of halogens is 1. The molecule has 0 bridgehead atoms. The lowest BCUT2D eigenvalue weighted by molar-refractivity contribution is 0.163. The average molecular weight is 435 g/mol. The third-order valence-electron chi connectivity index (χ3n) is 5.64. The summed E-state index contributed by atoms with van der Waals surface area (Å²) in [7, 11) is 0. The number of aromatic nitrogens is 2. The van der Waals surface area contributed by atoms with Crippen molar-refractivity contribution < 1.29 is 0 Å². The summed E-state index contributed by atoms with van der Waals surface area (Å²) in [5.41, 5.74) is 0.865. The molecule has 1 aliphatic rings. The molecule has 1 fully saturated rings. The topological polar surface area (TPSA) is 50.2 Å². The lowest BCUT2D eigenvalue weighted by atomic mass is 10.0. The number of fused-ring (bicyclic) bond motifs is 1. The average Bonchev–Trinajstić information content (AvgIpc) is 2.92. The Labute approximate surface area is 170 Å². The van der Waals surface area contributed by atoms with Crippen molar-refractivity contribution in [1.82, 2.24) is 19.8 Å². The number of nitrogens with zero attached hydrogens (tertiary/aromatic N) is 3. The molecule has 3 rings (SSSR count). The zero-order chi connectivity index (χ0) is 19.4. The van der Waals surface area contributed by atoms with Crippen LogP contribution in [0.15, 0.2) is 27.5 Å². The van der Waals surface area contributed by atoms with Crippen molar-refractivity contribution in [2.75, 3.05) is 26.2 Å². The number of hydrogen-bond acceptors (Lipinski definition) is 4. The highest BCUT2D eigenvalue weighted by Crippen LogP contribution is 2.27. The van der Waals surface area contributed by atoms with Gasteiger partial charge in [0.05, 0.1) is 16.9 Å². The second-order valence-corrected chi connectivity index (χ2v) is 8.37. The van der Waals surface area contributed by atoms with Gasteiger partial charge in [0, 0.05) is 30.7 Å². The van der Waals surface area contributed by atoms with Crippen LogP contribution >= 0.6 is 15.9 Å². The van der Waals surface area contributed by atoms with E-state index in [0.717, 1.165) is 54.8 Å². The molecule has 0 aliphatic carbocycles. The second-order valence-electron chi connectivity index (χ2n) is 7.46. The third-order valence-corrected chi connectivity index (χ3v) is 6.13. The Bertz CT molecular complexity index is 835. The van der Waals surface area contributed by atoms with Gasteiger partial charge in [0.1, 0.15) is 5.82 Å². The molecule has 5 nitrogen and oxygen atoms in total. The summed E-state index contributed by atoms with van der Waals surface area (Å²) < 4.78 is 2.80. The molecule has 1 saturated heterocycles. The van der Waals surface area contributed by atoms with Gasteiger partial charge in [0.25, 0.3) is 5.56 Å². The monoisotopic (exact) mass is 434 g/mol. The zero-order valence-electron chi connectivity index (χ0n) is 16.7. The summed E-state index contributed by atoms with van der Waals surface area (Å²) in [5.74, 6) is 1.57. The van der Waals surface area contributed by atoms with E-state index in [1.165, 1.54) is 6.42 Å². The lowest BCUT2D eigenvalue weighted by Crippen LogP contribution is -2.38. The minimum absolute atomic E-state index is 0.0693. The maximum Gasteiger partial charge on any atom is 0.261 e. The summed E-state index contributed by atoms with van der Waals surface area (Å²) in [6.45, 7) is 11.3. The van der Waals surface area contributed by atoms with Gasteiger partial charge in [-0.25, -0.2) is 4.98 Å². The minimum Gasteiger partial charge on any atom is -0.315 e. The first kappa shape index (κ1) is 20.5. The van der Waals surface area contributed by atoms with Crippen LogP contribution in [-0.2, 0) is 6.54 Å². The highest BCUT2D eigenvalue weighted by Gasteiger charge is 2.28. The molecule has 27 heavy (non-hydrogen) atoms. The first-order valence-corrected chi connectivity index (χ1v) is 11.0. The van der Waals surface area contributed by atoms with Crippen LogP contribution in [0.4, 0.5) is 0 Å². The number of hydrogen-bond donors (Lipinski definition) is 1. The molecule has 1 N–H and O–H groups in total. The summed E-state index contributed by atoms with van der Waals surface area (Å²) in [5, 5.41) is 4.26. The van der Waals surface area contributed by atoms with Crippen LogP contribution in [0.3, 0.4) is 0 Å². The van der Waals surface area contributed by atoms with Crippen LogP contribution in [0.5, 0.6) is 0 Å². The fourth-order valence-electron chi connectivity index (χ4n) is 4.09. The van der Waals surface area contributed by atoms with E-state index in [1.54, 1.807) is 0 Å². The molecule has 2 aromatic rings. The van der Waals surface area contributed by atoms with Crippen molar-refractivity contribution in [3.8, 4) is 0 Å². The summed E-state index contributed by atoms with van der Waals surface area (Å²) in [6, 6.07) is 5.99. The molecule has 148 valence electrons. The molecule has 0 unspecified atom stereocenters. The largest absolute Gasteiger partial charge is 0.315 e. The normalized spacial score (nSPS) is 19.9. The van der Waals surface area contributed by atoms with Crippen molar-refractivity contribution in [3.05, 3.63) is 38.9 Å². The predicted octanol–water partition coefficient (Wildman–Crippen LogP) is 3.95. The molecule has 0 amide bonds. The van der Waals surface area contributed by atoms with E-state index in [-0.39, 0.29) is 11.6 Å². The molecule has 2 heterocycles. The maximum absolute atomic E-state index is 13.2. The van der Waals surface area contributed by atoms with Crippen molar-refractivity contribution >= 4 is 26.8 Å². The number of benzene rings is 1. The van der Waals surface area contributed by atoms with Gasteiger partial charge in [-0.1, -0.05) is 42.6 Å². The third kappa shape index (κ3) is 4.44. The van der Waals surface area contributed by atoms with Gasteiger partial charge < -0.3 is 5.32 Å². The Morgan fingerprint density at radius 2 is 2.15 bits per heavy atom. The van der Waals surface area contributed by atoms with E-state index in [1.807, 2.05) is 29.7 Å². The maximum atomic E-state index is 13.2. The van der Waals surface area contributed by atoms with E-state index in [4.69, 9.17) is 4.98 Å². The Hall–Kier alpha value is -1.24. The van der Waals surface area contributed by atoms with Crippen molar-refractivity contribution in [2.45, 2.75) is 52.6 Å². The van der Waals surface area contributed by atoms with Crippen LogP contribution in [0, 0.1) is 5.92 Å². The van der Waals surface area contributed by atoms with Gasteiger partial charge >= 0.3 is 0 Å². The highest BCUT2D eigenvalue weighted by molar-refractivity contribution is 9.10. The number of rotatable bonds is 6. The van der Waals surface area contributed by atoms with Gasteiger partial charge in [-0.05, 0) is 44.0 Å². The molecule has 0 spiro atoms. The summed E-state index contributed by atoms with van der Waals surface area (Å²) in [6.07, 6.45) is 3.26. The molecule has 1 aliphatic heterocycles. The standard InChI is InChI=1S/C21H31BrN4O/c1-4-7-19(25-11-10-23-13-15(5-2)14-25)20-24-18-9-8-16(22)12-17(18)21(27)26(20)6-3/h8-9,12,15,19,23H,4-7,10-11,13-14H2,1-3H3/t15-,19-/m1/s1. The Morgan fingerprint density at radius 3 is 2.85 bits per heavy atom. The first-order chi connectivity index (χ1) is 13.1. The highest BCUT2D eigenvalue weighted by atomic mass is 79.9. The van der Waals surface area contributed by atoms with E-state index < -0.39 is 0 Å². The zero-order valence-corrected chi connectivity index (χ0v) is 18.3. The fourth-order valence-corrected chi connectivity index (χ4v) is 4.45. The van der Waals surface area contributed by atoms with Gasteiger partial charge in [-0.2, -0.15) is 0 Å². The van der Waals surface area contributed by atoms with Gasteiger partial charge in [0.2, 0.25) is 0 Å². The van der Waals surface area contributed by atoms with Gasteiger partial charge in [-0.15, -0.1) is 0 Å². The van der Waals surface area contributed by atoms with Gasteiger partial charge in [0.15, 0.2) is 0 Å². The van der Waals surface area contributed by atoms with Crippen molar-refractivity contribution in [2.24, 2.45) is 5.92 Å². The quantitative estimate of drug-likeness (QED) is 0.747. The second kappa shape index (κ2) is 9.30. The van der Waals surface area contributed by atoms with E-state index in [9.17, 15) is 4.79 Å². The molecule has 6 heteroatoms. The molecule has 0 saturated carbocycles. The van der Waals surface area contributed by atoms with Gasteiger partial charge in [-0.3, -0.25) is 14.3 Å². The SMILES string of the molecule is CCC[C@H](c1nc2ccc(Br)cc2c(=O)n1CC)N1CCNC[C@@H](CC)C1. The molecule has 1 aromatic heterocycles.